The largest absolute Gasteiger partial charge is 0.442 e. The number of hydrogen-bond acceptors (Lipinski definition) is 5. The normalized spacial score (nSPS) is 10.3. The second-order valence-corrected chi connectivity index (χ2v) is 4.41. The number of pyridine rings is 1. The highest BCUT2D eigenvalue weighted by Gasteiger charge is 2.16. The minimum atomic E-state index is -0.0690. The van der Waals surface area contributed by atoms with E-state index in [1.165, 1.54) is 13.1 Å². The van der Waals surface area contributed by atoms with E-state index in [4.69, 9.17) is 14.4 Å². The first-order valence-corrected chi connectivity index (χ1v) is 6.25. The molecule has 3 aromatic rings. The van der Waals surface area contributed by atoms with Crippen molar-refractivity contribution in [2.75, 3.05) is 0 Å². The van der Waals surface area contributed by atoms with Gasteiger partial charge in [0.2, 0.25) is 11.6 Å². The van der Waals surface area contributed by atoms with E-state index in [-0.39, 0.29) is 11.5 Å². The van der Waals surface area contributed by atoms with Crippen LogP contribution in [-0.2, 0) is 0 Å². The second kappa shape index (κ2) is 5.10. The number of hydrogen-bond donors (Lipinski definition) is 0. The zero-order valence-electron chi connectivity index (χ0n) is 11.2. The van der Waals surface area contributed by atoms with E-state index in [9.17, 15) is 4.79 Å². The molecular weight excluding hydrogens is 268 g/mol. The zero-order valence-corrected chi connectivity index (χ0v) is 11.2. The Hall–Kier alpha value is -3.13. The molecule has 0 radical (unpaired) electrons. The number of aromatic nitrogens is 1. The van der Waals surface area contributed by atoms with Gasteiger partial charge in [-0.25, -0.2) is 4.98 Å². The highest BCUT2D eigenvalue weighted by atomic mass is 16.5. The molecule has 0 spiro atoms. The third-order valence-electron chi connectivity index (χ3n) is 3.00. The van der Waals surface area contributed by atoms with Crippen LogP contribution in [0.1, 0.15) is 23.0 Å². The van der Waals surface area contributed by atoms with Crippen LogP contribution >= 0.6 is 0 Å². The van der Waals surface area contributed by atoms with Crippen LogP contribution < -0.4 is 4.74 Å². The van der Waals surface area contributed by atoms with Crippen LogP contribution in [0.5, 0.6) is 11.6 Å². The van der Waals surface area contributed by atoms with Gasteiger partial charge in [0, 0.05) is 17.8 Å². The minimum Gasteiger partial charge on any atom is -0.442 e. The molecule has 0 aliphatic rings. The average molecular weight is 278 g/mol. The second-order valence-electron chi connectivity index (χ2n) is 4.41. The van der Waals surface area contributed by atoms with Gasteiger partial charge in [-0.15, -0.1) is 0 Å². The summed E-state index contributed by atoms with van der Waals surface area (Å²) in [4.78, 5) is 15.3. The molecule has 0 aliphatic heterocycles. The van der Waals surface area contributed by atoms with E-state index in [1.807, 2.05) is 18.2 Å². The molecule has 0 saturated heterocycles. The molecule has 0 bridgehead atoms. The molecule has 0 aliphatic carbocycles. The molecule has 102 valence electrons. The van der Waals surface area contributed by atoms with Crippen molar-refractivity contribution >= 4 is 16.8 Å². The lowest BCUT2D eigenvalue weighted by Gasteiger charge is -2.03. The lowest BCUT2D eigenvalue weighted by molar-refractivity contribution is 0.101. The van der Waals surface area contributed by atoms with Gasteiger partial charge in [0.15, 0.2) is 11.5 Å². The van der Waals surface area contributed by atoms with E-state index in [1.54, 1.807) is 24.3 Å². The quantitative estimate of drug-likeness (QED) is 0.683. The van der Waals surface area contributed by atoms with Crippen LogP contribution in [0.15, 0.2) is 47.0 Å². The SMILES string of the molecule is CC(=O)c1ccc(Oc2c(C#N)oc3ccccc23)nc1. The van der Waals surface area contributed by atoms with Crippen LogP contribution in [0.3, 0.4) is 0 Å². The Morgan fingerprint density at radius 3 is 2.76 bits per heavy atom. The van der Waals surface area contributed by atoms with E-state index >= 15 is 0 Å². The Bertz CT molecular complexity index is 857. The first-order chi connectivity index (χ1) is 10.2. The van der Waals surface area contributed by atoms with Crippen molar-refractivity contribution in [3.63, 3.8) is 0 Å². The highest BCUT2D eigenvalue weighted by Crippen LogP contribution is 2.35. The summed E-state index contributed by atoms with van der Waals surface area (Å²) >= 11 is 0. The summed E-state index contributed by atoms with van der Waals surface area (Å²) in [5.41, 5.74) is 1.07. The molecule has 0 fully saturated rings. The van der Waals surface area contributed by atoms with Crippen molar-refractivity contribution in [2.24, 2.45) is 0 Å². The summed E-state index contributed by atoms with van der Waals surface area (Å²) < 4.78 is 11.1. The number of fused-ring (bicyclic) bond motifs is 1. The molecule has 0 unspecified atom stereocenters. The molecule has 3 rings (SSSR count). The Balaban J connectivity index is 2.01. The van der Waals surface area contributed by atoms with Gasteiger partial charge in [-0.3, -0.25) is 4.79 Å². The first kappa shape index (κ1) is 12.9. The monoisotopic (exact) mass is 278 g/mol. The van der Waals surface area contributed by atoms with Crippen LogP contribution in [0.2, 0.25) is 0 Å². The average Bonchev–Trinajstić information content (AvgIpc) is 2.86. The number of Topliss-reactive ketones (excluding diaryl/α,β-unsaturated/α-hetero) is 1. The number of carbonyl (C=O) groups excluding carboxylic acids is 1. The van der Waals surface area contributed by atoms with Gasteiger partial charge in [0.05, 0.1) is 5.39 Å². The predicted molar refractivity (Wildman–Crippen MR) is 75.2 cm³/mol. The Kier molecular flexibility index (Phi) is 3.13. The molecule has 1 aromatic carbocycles. The Morgan fingerprint density at radius 2 is 2.10 bits per heavy atom. The number of rotatable bonds is 3. The van der Waals surface area contributed by atoms with Crippen molar-refractivity contribution in [1.29, 1.82) is 5.26 Å². The molecular formula is C16H10N2O3. The number of nitriles is 1. The zero-order chi connectivity index (χ0) is 14.8. The summed E-state index contributed by atoms with van der Waals surface area (Å²) in [5, 5.41) is 9.83. The van der Waals surface area contributed by atoms with Gasteiger partial charge in [-0.05, 0) is 25.1 Å². The van der Waals surface area contributed by atoms with Gasteiger partial charge < -0.3 is 9.15 Å². The maximum atomic E-state index is 11.2. The molecule has 0 atom stereocenters. The fourth-order valence-electron chi connectivity index (χ4n) is 1.95. The topological polar surface area (TPSA) is 76.1 Å². The lowest BCUT2D eigenvalue weighted by atomic mass is 10.2. The molecule has 5 nitrogen and oxygen atoms in total. The van der Waals surface area contributed by atoms with Crippen molar-refractivity contribution in [3.8, 4) is 17.7 Å². The van der Waals surface area contributed by atoms with Crippen LogP contribution in [0.25, 0.3) is 11.0 Å². The Labute approximate surface area is 120 Å². The highest BCUT2D eigenvalue weighted by molar-refractivity contribution is 5.93. The molecule has 0 amide bonds. The maximum Gasteiger partial charge on any atom is 0.247 e. The summed E-state index contributed by atoms with van der Waals surface area (Å²) in [6.07, 6.45) is 1.44. The fourth-order valence-corrected chi connectivity index (χ4v) is 1.95. The van der Waals surface area contributed by atoms with E-state index in [0.717, 1.165) is 0 Å². The first-order valence-electron chi connectivity index (χ1n) is 6.25. The number of nitrogens with zero attached hydrogens (tertiary/aromatic N) is 2. The maximum absolute atomic E-state index is 11.2. The van der Waals surface area contributed by atoms with Crippen LogP contribution in [0, 0.1) is 11.3 Å². The molecule has 0 saturated carbocycles. The van der Waals surface area contributed by atoms with Crippen molar-refractivity contribution in [2.45, 2.75) is 6.92 Å². The smallest absolute Gasteiger partial charge is 0.247 e. The van der Waals surface area contributed by atoms with Gasteiger partial charge in [-0.1, -0.05) is 12.1 Å². The fraction of sp³-hybridized carbons (Fsp3) is 0.0625. The molecule has 5 heteroatoms. The third-order valence-corrected chi connectivity index (χ3v) is 3.00. The van der Waals surface area contributed by atoms with Crippen LogP contribution in [0.4, 0.5) is 0 Å². The van der Waals surface area contributed by atoms with E-state index in [2.05, 4.69) is 4.98 Å². The van der Waals surface area contributed by atoms with Gasteiger partial charge in [-0.2, -0.15) is 5.26 Å². The number of benzene rings is 1. The predicted octanol–water partition coefficient (Wildman–Crippen LogP) is 3.69. The van der Waals surface area contributed by atoms with Gasteiger partial charge in [0.25, 0.3) is 0 Å². The van der Waals surface area contributed by atoms with Crippen molar-refractivity contribution in [3.05, 3.63) is 53.9 Å². The third kappa shape index (κ3) is 2.35. The van der Waals surface area contributed by atoms with Gasteiger partial charge in [0.1, 0.15) is 11.7 Å². The summed E-state index contributed by atoms with van der Waals surface area (Å²) in [5.74, 6) is 0.647. The Morgan fingerprint density at radius 1 is 1.29 bits per heavy atom. The molecule has 2 aromatic heterocycles. The number of carbonyl (C=O) groups is 1. The van der Waals surface area contributed by atoms with Crippen molar-refractivity contribution in [1.82, 2.24) is 4.98 Å². The van der Waals surface area contributed by atoms with Crippen LogP contribution in [-0.4, -0.2) is 10.8 Å². The number of furan rings is 1. The summed E-state index contributed by atoms with van der Waals surface area (Å²) in [6, 6.07) is 12.4. The number of ketones is 1. The number of para-hydroxylation sites is 1. The minimum absolute atomic E-state index is 0.0690. The van der Waals surface area contributed by atoms with Gasteiger partial charge >= 0.3 is 0 Å². The van der Waals surface area contributed by atoms with Crippen molar-refractivity contribution < 1.29 is 13.9 Å². The number of ether oxygens (including phenoxy) is 1. The standard InChI is InChI=1S/C16H10N2O3/c1-10(19)11-6-7-15(18-9-11)21-16-12-4-2-3-5-13(12)20-14(16)8-17/h2-7,9H,1H3. The molecule has 0 N–H and O–H groups in total. The summed E-state index contributed by atoms with van der Waals surface area (Å²) in [6.45, 7) is 1.47. The van der Waals surface area contributed by atoms with E-state index < -0.39 is 0 Å². The summed E-state index contributed by atoms with van der Waals surface area (Å²) in [7, 11) is 0. The molecule has 21 heavy (non-hydrogen) atoms. The molecule has 2 heterocycles. The van der Waals surface area contributed by atoms with E-state index in [0.29, 0.717) is 28.2 Å². The lowest BCUT2D eigenvalue weighted by Crippen LogP contribution is -1.94.